The number of aliphatic carboxylic acids is 1. The molecule has 0 saturated heterocycles. The molecule has 1 fully saturated rings. The van der Waals surface area contributed by atoms with Crippen molar-refractivity contribution in [3.8, 4) is 0 Å². The number of carbonyl (C=O) groups is 2. The first kappa shape index (κ1) is 15.5. The molecule has 0 bridgehead atoms. The van der Waals surface area contributed by atoms with Crippen molar-refractivity contribution in [2.75, 3.05) is 0 Å². The number of amides is 1. The van der Waals surface area contributed by atoms with Gasteiger partial charge in [0.05, 0.1) is 6.20 Å². The number of carboxylic acid groups (broad SMARTS) is 1. The van der Waals surface area contributed by atoms with E-state index in [1.54, 1.807) is 13.2 Å². The van der Waals surface area contributed by atoms with E-state index < -0.39 is 17.6 Å². The largest absolute Gasteiger partial charge is 0.479 e. The highest BCUT2D eigenvalue weighted by Gasteiger charge is 2.32. The van der Waals surface area contributed by atoms with E-state index in [9.17, 15) is 14.7 Å². The molecule has 1 atom stereocenters. The molecule has 0 radical (unpaired) electrons. The average Bonchev–Trinajstić information content (AvgIpc) is 2.82. The molecule has 1 heterocycles. The second kappa shape index (κ2) is 6.26. The summed E-state index contributed by atoms with van der Waals surface area (Å²) in [6.07, 6.45) is 8.00. The lowest BCUT2D eigenvalue weighted by Crippen LogP contribution is -2.47. The molecule has 2 rings (SSSR count). The number of carbonyl (C=O) groups excluding carboxylic acids is 1. The number of nitrogens with two attached hydrogens (primary N) is 1. The Bertz CT molecular complexity index is 520. The van der Waals surface area contributed by atoms with Gasteiger partial charge in [-0.05, 0) is 12.8 Å². The first-order valence-corrected chi connectivity index (χ1v) is 7.19. The topological polar surface area (TPSA) is 110 Å². The Morgan fingerprint density at radius 2 is 2.14 bits per heavy atom. The Balaban J connectivity index is 2.00. The monoisotopic (exact) mass is 294 g/mol. The van der Waals surface area contributed by atoms with Crippen molar-refractivity contribution in [3.63, 3.8) is 0 Å². The molecule has 21 heavy (non-hydrogen) atoms. The fraction of sp³-hybridized carbons (Fsp3) is 0.643. The fourth-order valence-electron chi connectivity index (χ4n) is 2.84. The summed E-state index contributed by atoms with van der Waals surface area (Å²) in [5, 5.41) is 15.8. The minimum absolute atomic E-state index is 0.164. The second-order valence-corrected chi connectivity index (χ2v) is 5.89. The summed E-state index contributed by atoms with van der Waals surface area (Å²) >= 11 is 0. The van der Waals surface area contributed by atoms with Crippen molar-refractivity contribution < 1.29 is 14.7 Å². The van der Waals surface area contributed by atoms with Crippen molar-refractivity contribution in [3.05, 3.63) is 18.0 Å². The molecule has 0 spiro atoms. The standard InChI is InChI=1S/C14H22N4O3/c1-18-9-10(8-16-18)12(13(20)21)17-11(19)7-14(15)5-3-2-4-6-14/h8-9,12H,2-7,15H2,1H3,(H,17,19)(H,20,21). The summed E-state index contributed by atoms with van der Waals surface area (Å²) in [6.45, 7) is 0. The lowest BCUT2D eigenvalue weighted by molar-refractivity contribution is -0.142. The Hall–Kier alpha value is -1.89. The van der Waals surface area contributed by atoms with Crippen LogP contribution in [0.25, 0.3) is 0 Å². The predicted octanol–water partition coefficient (Wildman–Crippen LogP) is 0.714. The minimum atomic E-state index is -1.11. The lowest BCUT2D eigenvalue weighted by atomic mass is 9.80. The second-order valence-electron chi connectivity index (χ2n) is 5.89. The number of carboxylic acids is 1. The number of hydrogen-bond donors (Lipinski definition) is 3. The smallest absolute Gasteiger partial charge is 0.331 e. The van der Waals surface area contributed by atoms with Gasteiger partial charge in [-0.3, -0.25) is 9.48 Å². The normalized spacial score (nSPS) is 19.0. The van der Waals surface area contributed by atoms with Crippen molar-refractivity contribution >= 4 is 11.9 Å². The Kier molecular flexibility index (Phi) is 4.62. The molecule has 116 valence electrons. The Labute approximate surface area is 123 Å². The molecule has 7 heteroatoms. The molecule has 1 amide bonds. The summed E-state index contributed by atoms with van der Waals surface area (Å²) in [5.74, 6) is -1.43. The molecule has 4 N–H and O–H groups in total. The highest BCUT2D eigenvalue weighted by Crippen LogP contribution is 2.28. The van der Waals surface area contributed by atoms with Gasteiger partial charge in [-0.1, -0.05) is 19.3 Å². The van der Waals surface area contributed by atoms with Gasteiger partial charge in [0.25, 0.3) is 0 Å². The maximum atomic E-state index is 12.1. The van der Waals surface area contributed by atoms with Crippen LogP contribution in [0, 0.1) is 0 Å². The number of aromatic nitrogens is 2. The molecule has 0 aromatic carbocycles. The van der Waals surface area contributed by atoms with E-state index in [0.717, 1.165) is 32.1 Å². The highest BCUT2D eigenvalue weighted by molar-refractivity contribution is 5.85. The molecule has 1 unspecified atom stereocenters. The van der Waals surface area contributed by atoms with Gasteiger partial charge < -0.3 is 16.2 Å². The number of rotatable bonds is 5. The molecule has 7 nitrogen and oxygen atoms in total. The van der Waals surface area contributed by atoms with Gasteiger partial charge in [-0.15, -0.1) is 0 Å². The van der Waals surface area contributed by atoms with Crippen molar-refractivity contribution in [2.45, 2.75) is 50.1 Å². The van der Waals surface area contributed by atoms with Crippen molar-refractivity contribution in [2.24, 2.45) is 12.8 Å². The first-order valence-electron chi connectivity index (χ1n) is 7.19. The van der Waals surface area contributed by atoms with E-state index in [1.165, 1.54) is 10.9 Å². The van der Waals surface area contributed by atoms with Crippen LogP contribution in [0.5, 0.6) is 0 Å². The van der Waals surface area contributed by atoms with Gasteiger partial charge in [0, 0.05) is 30.8 Å². The summed E-state index contributed by atoms with van der Waals surface area (Å²) in [7, 11) is 1.70. The van der Waals surface area contributed by atoms with E-state index in [2.05, 4.69) is 10.4 Å². The van der Waals surface area contributed by atoms with Crippen LogP contribution in [0.2, 0.25) is 0 Å². The Morgan fingerprint density at radius 1 is 1.48 bits per heavy atom. The van der Waals surface area contributed by atoms with Gasteiger partial charge in [0.1, 0.15) is 0 Å². The SMILES string of the molecule is Cn1cc(C(NC(=O)CC2(N)CCCCC2)C(=O)O)cn1. The van der Waals surface area contributed by atoms with Crippen LogP contribution in [0.1, 0.15) is 50.1 Å². The zero-order chi connectivity index (χ0) is 15.5. The fourth-order valence-corrected chi connectivity index (χ4v) is 2.84. The summed E-state index contributed by atoms with van der Waals surface area (Å²) in [5.41, 5.74) is 6.18. The minimum Gasteiger partial charge on any atom is -0.479 e. The molecular formula is C14H22N4O3. The zero-order valence-electron chi connectivity index (χ0n) is 12.2. The highest BCUT2D eigenvalue weighted by atomic mass is 16.4. The van der Waals surface area contributed by atoms with Crippen LogP contribution in [-0.4, -0.2) is 32.3 Å². The molecule has 0 aliphatic heterocycles. The molecule has 1 saturated carbocycles. The first-order chi connectivity index (χ1) is 9.89. The molecular weight excluding hydrogens is 272 g/mol. The van der Waals surface area contributed by atoms with Gasteiger partial charge in [0.2, 0.25) is 5.91 Å². The molecule has 1 aromatic rings. The van der Waals surface area contributed by atoms with E-state index in [1.807, 2.05) is 0 Å². The predicted molar refractivity (Wildman–Crippen MR) is 76.3 cm³/mol. The van der Waals surface area contributed by atoms with Crippen LogP contribution in [0.15, 0.2) is 12.4 Å². The van der Waals surface area contributed by atoms with Crippen molar-refractivity contribution in [1.29, 1.82) is 0 Å². The zero-order valence-corrected chi connectivity index (χ0v) is 12.2. The van der Waals surface area contributed by atoms with Gasteiger partial charge >= 0.3 is 5.97 Å². The number of aryl methyl sites for hydroxylation is 1. The third-order valence-electron chi connectivity index (χ3n) is 3.97. The van der Waals surface area contributed by atoms with E-state index in [-0.39, 0.29) is 12.3 Å². The maximum absolute atomic E-state index is 12.1. The summed E-state index contributed by atoms with van der Waals surface area (Å²) in [6, 6.07) is -1.08. The third kappa shape index (κ3) is 4.04. The van der Waals surface area contributed by atoms with Gasteiger partial charge in [0.15, 0.2) is 6.04 Å². The summed E-state index contributed by atoms with van der Waals surface area (Å²) in [4.78, 5) is 23.5. The van der Waals surface area contributed by atoms with E-state index in [4.69, 9.17) is 5.73 Å². The molecule has 1 aliphatic rings. The van der Waals surface area contributed by atoms with E-state index in [0.29, 0.717) is 5.56 Å². The Morgan fingerprint density at radius 3 is 2.67 bits per heavy atom. The van der Waals surface area contributed by atoms with Crippen LogP contribution in [0.4, 0.5) is 0 Å². The number of nitrogens with one attached hydrogen (secondary N) is 1. The number of nitrogens with zero attached hydrogens (tertiary/aromatic N) is 2. The molecule has 1 aromatic heterocycles. The number of hydrogen-bond acceptors (Lipinski definition) is 4. The average molecular weight is 294 g/mol. The van der Waals surface area contributed by atoms with Gasteiger partial charge in [-0.2, -0.15) is 5.10 Å². The van der Waals surface area contributed by atoms with Gasteiger partial charge in [-0.25, -0.2) is 4.79 Å². The van der Waals surface area contributed by atoms with Crippen LogP contribution < -0.4 is 11.1 Å². The third-order valence-corrected chi connectivity index (χ3v) is 3.97. The maximum Gasteiger partial charge on any atom is 0.331 e. The van der Waals surface area contributed by atoms with Crippen LogP contribution >= 0.6 is 0 Å². The van der Waals surface area contributed by atoms with Crippen molar-refractivity contribution in [1.82, 2.24) is 15.1 Å². The van der Waals surface area contributed by atoms with Crippen LogP contribution in [-0.2, 0) is 16.6 Å². The quantitative estimate of drug-likeness (QED) is 0.741. The van der Waals surface area contributed by atoms with Crippen LogP contribution in [0.3, 0.4) is 0 Å². The van der Waals surface area contributed by atoms with E-state index >= 15 is 0 Å². The molecule has 1 aliphatic carbocycles. The summed E-state index contributed by atoms with van der Waals surface area (Å²) < 4.78 is 1.50. The lowest BCUT2D eigenvalue weighted by Gasteiger charge is -2.33.